The highest BCUT2D eigenvalue weighted by atomic mass is 32.1. The van der Waals surface area contributed by atoms with Crippen molar-refractivity contribution in [2.45, 2.75) is 27.7 Å². The van der Waals surface area contributed by atoms with Gasteiger partial charge >= 0.3 is 11.9 Å². The van der Waals surface area contributed by atoms with E-state index >= 15 is 0 Å². The third-order valence-electron chi connectivity index (χ3n) is 3.53. The number of nitrogens with zero attached hydrogens (tertiary/aromatic N) is 1. The van der Waals surface area contributed by atoms with Gasteiger partial charge in [0.05, 0.1) is 18.8 Å². The SMILES string of the molecule is CCOC(=O)c1c(NC(=O)c2ccncc2)sc(C(=O)OCC(C)C)c1C. The fourth-order valence-corrected chi connectivity index (χ4v) is 3.32. The normalized spacial score (nSPS) is 10.6. The highest BCUT2D eigenvalue weighted by Crippen LogP contribution is 2.34. The van der Waals surface area contributed by atoms with E-state index in [-0.39, 0.29) is 34.6 Å². The molecule has 0 saturated carbocycles. The Morgan fingerprint density at radius 1 is 1.15 bits per heavy atom. The van der Waals surface area contributed by atoms with E-state index < -0.39 is 17.8 Å². The van der Waals surface area contributed by atoms with Gasteiger partial charge in [-0.15, -0.1) is 11.3 Å². The summed E-state index contributed by atoms with van der Waals surface area (Å²) in [5, 5.41) is 2.94. The molecule has 2 aromatic heterocycles. The van der Waals surface area contributed by atoms with E-state index in [2.05, 4.69) is 10.3 Å². The monoisotopic (exact) mass is 390 g/mol. The van der Waals surface area contributed by atoms with Crippen molar-refractivity contribution in [2.24, 2.45) is 5.92 Å². The van der Waals surface area contributed by atoms with Crippen LogP contribution in [0.3, 0.4) is 0 Å². The number of hydrogen-bond donors (Lipinski definition) is 1. The van der Waals surface area contributed by atoms with Crippen LogP contribution in [0, 0.1) is 12.8 Å². The average Bonchev–Trinajstić information content (AvgIpc) is 2.96. The van der Waals surface area contributed by atoms with Crippen LogP contribution in [-0.2, 0) is 9.47 Å². The van der Waals surface area contributed by atoms with Gasteiger partial charge in [0.2, 0.25) is 0 Å². The van der Waals surface area contributed by atoms with Crippen molar-refractivity contribution < 1.29 is 23.9 Å². The summed E-state index contributed by atoms with van der Waals surface area (Å²) in [6.07, 6.45) is 2.99. The third-order valence-corrected chi connectivity index (χ3v) is 4.72. The van der Waals surface area contributed by atoms with Crippen molar-refractivity contribution in [3.63, 3.8) is 0 Å². The number of hydrogen-bond acceptors (Lipinski definition) is 7. The molecule has 2 rings (SSSR count). The number of amides is 1. The summed E-state index contributed by atoms with van der Waals surface area (Å²) in [6.45, 7) is 7.63. The predicted molar refractivity (Wildman–Crippen MR) is 102 cm³/mol. The molecule has 0 bridgehead atoms. The molecule has 8 heteroatoms. The number of ether oxygens (including phenoxy) is 2. The number of pyridine rings is 1. The summed E-state index contributed by atoms with van der Waals surface area (Å²) in [6, 6.07) is 3.11. The number of aromatic nitrogens is 1. The molecule has 27 heavy (non-hydrogen) atoms. The van der Waals surface area contributed by atoms with Crippen LogP contribution in [0.1, 0.15) is 56.7 Å². The molecule has 2 aromatic rings. The fraction of sp³-hybridized carbons (Fsp3) is 0.368. The molecule has 0 unspecified atom stereocenters. The molecule has 1 amide bonds. The largest absolute Gasteiger partial charge is 0.462 e. The molecule has 0 atom stereocenters. The van der Waals surface area contributed by atoms with E-state index in [1.165, 1.54) is 12.4 Å². The van der Waals surface area contributed by atoms with Crippen molar-refractivity contribution in [3.8, 4) is 0 Å². The van der Waals surface area contributed by atoms with E-state index in [1.807, 2.05) is 13.8 Å². The smallest absolute Gasteiger partial charge is 0.348 e. The van der Waals surface area contributed by atoms with Gasteiger partial charge in [0, 0.05) is 18.0 Å². The zero-order chi connectivity index (χ0) is 20.0. The molecule has 0 aliphatic rings. The third kappa shape index (κ3) is 5.13. The number of thiophene rings is 1. The van der Waals surface area contributed by atoms with Gasteiger partial charge in [-0.05, 0) is 37.5 Å². The number of carbonyl (C=O) groups excluding carboxylic acids is 3. The van der Waals surface area contributed by atoms with Crippen LogP contribution in [0.5, 0.6) is 0 Å². The van der Waals surface area contributed by atoms with Gasteiger partial charge in [0.25, 0.3) is 5.91 Å². The maximum atomic E-state index is 12.5. The molecule has 7 nitrogen and oxygen atoms in total. The summed E-state index contributed by atoms with van der Waals surface area (Å²) in [4.78, 5) is 41.4. The van der Waals surface area contributed by atoms with Crippen LogP contribution in [0.4, 0.5) is 5.00 Å². The minimum Gasteiger partial charge on any atom is -0.462 e. The Kier molecular flexibility index (Phi) is 7.06. The van der Waals surface area contributed by atoms with Crippen molar-refractivity contribution in [2.75, 3.05) is 18.5 Å². The quantitative estimate of drug-likeness (QED) is 0.725. The summed E-state index contributed by atoms with van der Waals surface area (Å²) < 4.78 is 10.3. The minimum atomic E-state index is -0.598. The van der Waals surface area contributed by atoms with Crippen molar-refractivity contribution >= 4 is 34.2 Å². The second kappa shape index (κ2) is 9.27. The Bertz CT molecular complexity index is 830. The van der Waals surface area contributed by atoms with Crippen LogP contribution in [0.2, 0.25) is 0 Å². The molecule has 0 aliphatic heterocycles. The zero-order valence-corrected chi connectivity index (χ0v) is 16.5. The molecule has 0 saturated heterocycles. The van der Waals surface area contributed by atoms with Gasteiger partial charge in [-0.25, -0.2) is 9.59 Å². The average molecular weight is 390 g/mol. The Morgan fingerprint density at radius 3 is 2.41 bits per heavy atom. The number of anilines is 1. The van der Waals surface area contributed by atoms with E-state index in [0.29, 0.717) is 11.1 Å². The van der Waals surface area contributed by atoms with Crippen LogP contribution in [0.25, 0.3) is 0 Å². The Balaban J connectivity index is 2.36. The summed E-state index contributed by atoms with van der Waals surface area (Å²) >= 11 is 1.00. The first-order chi connectivity index (χ1) is 12.8. The molecule has 144 valence electrons. The van der Waals surface area contributed by atoms with E-state index in [1.54, 1.807) is 26.0 Å². The first-order valence-electron chi connectivity index (χ1n) is 8.54. The second-order valence-corrected chi connectivity index (χ2v) is 7.18. The van der Waals surface area contributed by atoms with Crippen molar-refractivity contribution in [3.05, 3.63) is 46.1 Å². The Hall–Kier alpha value is -2.74. The topological polar surface area (TPSA) is 94.6 Å². The van der Waals surface area contributed by atoms with E-state index in [0.717, 1.165) is 11.3 Å². The van der Waals surface area contributed by atoms with Crippen molar-refractivity contribution in [1.82, 2.24) is 4.98 Å². The fourth-order valence-electron chi connectivity index (χ4n) is 2.23. The lowest BCUT2D eigenvalue weighted by atomic mass is 10.1. The molecule has 0 radical (unpaired) electrons. The predicted octanol–water partition coefficient (Wildman–Crippen LogP) is 3.69. The van der Waals surface area contributed by atoms with Crippen molar-refractivity contribution in [1.29, 1.82) is 0 Å². The summed E-state index contributed by atoms with van der Waals surface area (Å²) in [7, 11) is 0. The number of esters is 2. The molecule has 0 fully saturated rings. The molecule has 2 heterocycles. The standard InChI is InChI=1S/C19H22N2O5S/c1-5-25-18(23)14-12(4)15(19(24)26-10-11(2)3)27-17(14)21-16(22)13-6-8-20-9-7-13/h6-9,11H,5,10H2,1-4H3,(H,21,22). The van der Waals surface area contributed by atoms with E-state index in [4.69, 9.17) is 9.47 Å². The maximum absolute atomic E-state index is 12.5. The first-order valence-corrected chi connectivity index (χ1v) is 9.35. The summed E-state index contributed by atoms with van der Waals surface area (Å²) in [5.74, 6) is -1.35. The number of nitrogens with one attached hydrogen (secondary N) is 1. The molecule has 0 aliphatic carbocycles. The minimum absolute atomic E-state index is 0.167. The van der Waals surface area contributed by atoms with Gasteiger partial charge in [-0.3, -0.25) is 9.78 Å². The molecule has 0 spiro atoms. The molecule has 0 aromatic carbocycles. The van der Waals surface area contributed by atoms with Gasteiger partial charge < -0.3 is 14.8 Å². The zero-order valence-electron chi connectivity index (χ0n) is 15.7. The van der Waals surface area contributed by atoms with E-state index in [9.17, 15) is 14.4 Å². The van der Waals surface area contributed by atoms with Crippen LogP contribution in [-0.4, -0.2) is 36.0 Å². The maximum Gasteiger partial charge on any atom is 0.348 e. The summed E-state index contributed by atoms with van der Waals surface area (Å²) in [5.41, 5.74) is 0.979. The molecular weight excluding hydrogens is 368 g/mol. The second-order valence-electron chi connectivity index (χ2n) is 6.16. The van der Waals surface area contributed by atoms with Crippen LogP contribution >= 0.6 is 11.3 Å². The number of carbonyl (C=O) groups is 3. The van der Waals surface area contributed by atoms with Gasteiger partial charge in [0.15, 0.2) is 0 Å². The Labute approximate surface area is 161 Å². The Morgan fingerprint density at radius 2 is 1.81 bits per heavy atom. The van der Waals surface area contributed by atoms with Crippen LogP contribution in [0.15, 0.2) is 24.5 Å². The highest BCUT2D eigenvalue weighted by Gasteiger charge is 2.27. The molecule has 1 N–H and O–H groups in total. The van der Waals surface area contributed by atoms with Crippen LogP contribution < -0.4 is 5.32 Å². The lowest BCUT2D eigenvalue weighted by Crippen LogP contribution is -2.15. The lowest BCUT2D eigenvalue weighted by molar-refractivity contribution is 0.0464. The lowest BCUT2D eigenvalue weighted by Gasteiger charge is -2.07. The van der Waals surface area contributed by atoms with Gasteiger partial charge in [-0.2, -0.15) is 0 Å². The first kappa shape index (κ1) is 20.6. The highest BCUT2D eigenvalue weighted by molar-refractivity contribution is 7.18. The molecular formula is C19H22N2O5S. The van der Waals surface area contributed by atoms with Gasteiger partial charge in [0.1, 0.15) is 9.88 Å². The number of rotatable bonds is 7. The van der Waals surface area contributed by atoms with Gasteiger partial charge in [-0.1, -0.05) is 13.8 Å².